The van der Waals surface area contributed by atoms with Gasteiger partial charge in [0, 0.05) is 44.1 Å². The minimum absolute atomic E-state index is 0.0917. The molecule has 5 rings (SSSR count). The van der Waals surface area contributed by atoms with Crippen molar-refractivity contribution in [1.82, 2.24) is 15.1 Å². The molecule has 2 bridgehead atoms. The quantitative estimate of drug-likeness (QED) is 0.838. The highest BCUT2D eigenvalue weighted by molar-refractivity contribution is 7.08. The zero-order chi connectivity index (χ0) is 17.1. The molecule has 1 aromatic heterocycles. The second-order valence-electron chi connectivity index (χ2n) is 7.45. The van der Waals surface area contributed by atoms with Crippen molar-refractivity contribution in [2.45, 2.75) is 18.9 Å². The van der Waals surface area contributed by atoms with Gasteiger partial charge in [0.2, 0.25) is 0 Å². The average molecular weight is 365 g/mol. The Morgan fingerprint density at radius 3 is 2.92 bits per heavy atom. The van der Waals surface area contributed by atoms with Gasteiger partial charge in [-0.3, -0.25) is 9.80 Å². The Labute approximate surface area is 153 Å². The lowest BCUT2D eigenvalue weighted by molar-refractivity contribution is -0.0289. The molecule has 25 heavy (non-hydrogen) atoms. The van der Waals surface area contributed by atoms with Crippen molar-refractivity contribution in [2.75, 3.05) is 57.8 Å². The third-order valence-corrected chi connectivity index (χ3v) is 6.57. The van der Waals surface area contributed by atoms with E-state index in [1.54, 1.807) is 11.3 Å². The number of carbonyl (C=O) groups excluding carboxylic acids is 1. The molecule has 0 aliphatic carbocycles. The molecule has 0 radical (unpaired) electrons. The molecule has 4 atom stereocenters. The molecule has 6 nitrogen and oxygen atoms in total. The first-order valence-corrected chi connectivity index (χ1v) is 10.3. The van der Waals surface area contributed by atoms with Gasteiger partial charge >= 0.3 is 6.03 Å². The molecular formula is C18H28N4O2S. The minimum atomic E-state index is -0.0917. The van der Waals surface area contributed by atoms with Crippen LogP contribution in [0.5, 0.6) is 0 Å². The third kappa shape index (κ3) is 4.34. The highest BCUT2D eigenvalue weighted by Gasteiger charge is 2.40. The van der Waals surface area contributed by atoms with E-state index in [4.69, 9.17) is 4.74 Å². The van der Waals surface area contributed by atoms with Crippen LogP contribution in [0.25, 0.3) is 0 Å². The summed E-state index contributed by atoms with van der Waals surface area (Å²) < 4.78 is 5.46. The summed E-state index contributed by atoms with van der Waals surface area (Å²) in [4.78, 5) is 17.2. The Kier molecular flexibility index (Phi) is 5.55. The van der Waals surface area contributed by atoms with Gasteiger partial charge in [-0.05, 0) is 42.7 Å². The smallest absolute Gasteiger partial charge is 0.319 e. The fourth-order valence-corrected chi connectivity index (χ4v) is 5.09. The first kappa shape index (κ1) is 17.3. The fraction of sp³-hybridized carbons (Fsp3) is 0.722. The van der Waals surface area contributed by atoms with Gasteiger partial charge in [0.05, 0.1) is 18.9 Å². The van der Waals surface area contributed by atoms with Crippen LogP contribution >= 0.6 is 11.3 Å². The van der Waals surface area contributed by atoms with Crippen LogP contribution in [0.3, 0.4) is 0 Å². The third-order valence-electron chi connectivity index (χ3n) is 5.89. The topological polar surface area (TPSA) is 56.8 Å². The molecule has 0 spiro atoms. The summed E-state index contributed by atoms with van der Waals surface area (Å²) in [6, 6.07) is 2.32. The first-order chi connectivity index (χ1) is 12.3. The Morgan fingerprint density at radius 2 is 2.20 bits per heavy atom. The highest BCUT2D eigenvalue weighted by atomic mass is 32.1. The van der Waals surface area contributed by atoms with Crippen molar-refractivity contribution in [2.24, 2.45) is 11.8 Å². The number of rotatable bonds is 5. The molecule has 4 aliphatic rings. The van der Waals surface area contributed by atoms with Crippen LogP contribution in [-0.2, 0) is 4.74 Å². The van der Waals surface area contributed by atoms with Crippen LogP contribution in [0.2, 0.25) is 0 Å². The number of morpholine rings is 1. The molecule has 4 aliphatic heterocycles. The molecule has 4 saturated heterocycles. The Hall–Kier alpha value is -1.15. The lowest BCUT2D eigenvalue weighted by Gasteiger charge is -2.51. The SMILES string of the molecule is O=C(NC[C@@H]1C[C@H]2CCN1C[C@@H]2CN1CCOCC1)Nc1ccsc1. The molecule has 2 N–H and O–H groups in total. The number of fused-ring (bicyclic) bond motifs is 3. The van der Waals surface area contributed by atoms with Crippen molar-refractivity contribution < 1.29 is 9.53 Å². The van der Waals surface area contributed by atoms with Crippen LogP contribution in [0.4, 0.5) is 10.5 Å². The number of carbonyl (C=O) groups is 1. The number of thiophene rings is 1. The second kappa shape index (κ2) is 8.03. The van der Waals surface area contributed by atoms with Crippen LogP contribution < -0.4 is 10.6 Å². The summed E-state index contributed by atoms with van der Waals surface area (Å²) in [7, 11) is 0. The molecule has 2 amide bonds. The number of amides is 2. The second-order valence-corrected chi connectivity index (χ2v) is 8.23. The Balaban J connectivity index is 1.23. The largest absolute Gasteiger partial charge is 0.379 e. The fourth-order valence-electron chi connectivity index (χ4n) is 4.51. The summed E-state index contributed by atoms with van der Waals surface area (Å²) >= 11 is 1.59. The van der Waals surface area contributed by atoms with Crippen molar-refractivity contribution in [1.29, 1.82) is 0 Å². The number of anilines is 1. The van der Waals surface area contributed by atoms with E-state index in [0.29, 0.717) is 6.04 Å². The molecule has 4 fully saturated rings. The van der Waals surface area contributed by atoms with Crippen molar-refractivity contribution in [3.8, 4) is 0 Å². The molecule has 5 heterocycles. The van der Waals surface area contributed by atoms with E-state index < -0.39 is 0 Å². The van der Waals surface area contributed by atoms with Crippen LogP contribution in [0.1, 0.15) is 12.8 Å². The lowest BCUT2D eigenvalue weighted by Crippen LogP contribution is -2.59. The summed E-state index contributed by atoms with van der Waals surface area (Å²) in [6.45, 7) is 8.25. The van der Waals surface area contributed by atoms with Crippen LogP contribution in [0, 0.1) is 11.8 Å². The van der Waals surface area contributed by atoms with Gasteiger partial charge in [0.1, 0.15) is 0 Å². The van der Waals surface area contributed by atoms with Gasteiger partial charge in [-0.1, -0.05) is 0 Å². The van der Waals surface area contributed by atoms with E-state index in [2.05, 4.69) is 20.4 Å². The monoisotopic (exact) mass is 364 g/mol. The zero-order valence-corrected chi connectivity index (χ0v) is 15.5. The molecular weight excluding hydrogens is 336 g/mol. The summed E-state index contributed by atoms with van der Waals surface area (Å²) in [5.41, 5.74) is 0.874. The lowest BCUT2D eigenvalue weighted by atomic mass is 9.75. The maximum atomic E-state index is 12.0. The minimum Gasteiger partial charge on any atom is -0.379 e. The van der Waals surface area contributed by atoms with E-state index in [0.717, 1.165) is 50.4 Å². The standard InChI is InChI=1S/C18H28N4O2S/c23-18(20-16-2-8-25-13-16)19-10-17-9-14-1-3-22(17)12-15(14)11-21-4-6-24-7-5-21/h2,8,13-15,17H,1,3-7,9-12H2,(H2,19,20,23)/t14-,15+,17+/m1/s1. The number of urea groups is 1. The predicted molar refractivity (Wildman–Crippen MR) is 100 cm³/mol. The van der Waals surface area contributed by atoms with Gasteiger partial charge in [-0.25, -0.2) is 4.79 Å². The summed E-state index contributed by atoms with van der Waals surface area (Å²) in [5, 5.41) is 9.86. The van der Waals surface area contributed by atoms with Gasteiger partial charge in [0.15, 0.2) is 0 Å². The number of hydrogen-bond donors (Lipinski definition) is 2. The maximum absolute atomic E-state index is 12.0. The van der Waals surface area contributed by atoms with Crippen molar-refractivity contribution in [3.05, 3.63) is 16.8 Å². The molecule has 0 saturated carbocycles. The summed E-state index contributed by atoms with van der Waals surface area (Å²) in [6.07, 6.45) is 2.53. The zero-order valence-electron chi connectivity index (χ0n) is 14.7. The van der Waals surface area contributed by atoms with Crippen LogP contribution in [-0.4, -0.2) is 74.4 Å². The molecule has 1 aromatic rings. The van der Waals surface area contributed by atoms with Gasteiger partial charge in [-0.15, -0.1) is 0 Å². The van der Waals surface area contributed by atoms with E-state index in [9.17, 15) is 4.79 Å². The van der Waals surface area contributed by atoms with Crippen LogP contribution in [0.15, 0.2) is 16.8 Å². The molecule has 1 unspecified atom stereocenters. The van der Waals surface area contributed by atoms with E-state index in [-0.39, 0.29) is 6.03 Å². The number of nitrogens with one attached hydrogen (secondary N) is 2. The van der Waals surface area contributed by atoms with E-state index in [1.165, 1.54) is 32.5 Å². The number of hydrogen-bond acceptors (Lipinski definition) is 5. The van der Waals surface area contributed by atoms with Crippen molar-refractivity contribution in [3.63, 3.8) is 0 Å². The summed E-state index contributed by atoms with van der Waals surface area (Å²) in [5.74, 6) is 1.59. The molecule has 0 aromatic carbocycles. The number of ether oxygens (including phenoxy) is 1. The first-order valence-electron chi connectivity index (χ1n) is 9.39. The number of piperidine rings is 3. The average Bonchev–Trinajstić information content (AvgIpc) is 3.15. The van der Waals surface area contributed by atoms with Gasteiger partial charge in [-0.2, -0.15) is 11.3 Å². The van der Waals surface area contributed by atoms with Gasteiger partial charge < -0.3 is 15.4 Å². The Morgan fingerprint density at radius 1 is 1.32 bits per heavy atom. The van der Waals surface area contributed by atoms with Crippen molar-refractivity contribution >= 4 is 23.1 Å². The Bertz CT molecular complexity index is 561. The van der Waals surface area contributed by atoms with E-state index >= 15 is 0 Å². The molecule has 138 valence electrons. The maximum Gasteiger partial charge on any atom is 0.319 e. The van der Waals surface area contributed by atoms with E-state index in [1.807, 2.05) is 16.8 Å². The normalized spacial score (nSPS) is 32.5. The predicted octanol–water partition coefficient (Wildman–Crippen LogP) is 1.91. The number of nitrogens with zero attached hydrogens (tertiary/aromatic N) is 2. The molecule has 7 heteroatoms. The van der Waals surface area contributed by atoms with Gasteiger partial charge in [0.25, 0.3) is 0 Å². The highest BCUT2D eigenvalue weighted by Crippen LogP contribution is 2.36.